The topological polar surface area (TPSA) is 66.0 Å². The second kappa shape index (κ2) is 9.95. The lowest BCUT2D eigenvalue weighted by Gasteiger charge is -2.17. The third-order valence-corrected chi connectivity index (χ3v) is 6.77. The Hall–Kier alpha value is -4.22. The van der Waals surface area contributed by atoms with Gasteiger partial charge in [0, 0.05) is 11.5 Å². The van der Waals surface area contributed by atoms with E-state index >= 15 is 0 Å². The Labute approximate surface area is 207 Å². The number of rotatable bonds is 7. The normalized spacial score (nSPS) is 12.3. The average molecular weight is 477 g/mol. The van der Waals surface area contributed by atoms with Gasteiger partial charge in [0.15, 0.2) is 0 Å². The van der Waals surface area contributed by atoms with E-state index in [1.54, 1.807) is 17.4 Å². The van der Waals surface area contributed by atoms with Crippen LogP contribution in [0.25, 0.3) is 39.3 Å². The third-order valence-electron chi connectivity index (χ3n) is 6.09. The summed E-state index contributed by atoms with van der Waals surface area (Å²) in [5.41, 5.74) is 10.1. The quantitative estimate of drug-likeness (QED) is 0.186. The molecule has 172 valence electrons. The van der Waals surface area contributed by atoms with Crippen LogP contribution in [0.2, 0.25) is 0 Å². The molecule has 35 heavy (non-hydrogen) atoms. The molecule has 3 aromatic carbocycles. The molecule has 0 bridgehead atoms. The number of H-pyrrole nitrogens is 1. The van der Waals surface area contributed by atoms with Gasteiger partial charge in [0.05, 0.1) is 11.7 Å². The molecule has 2 heterocycles. The first-order valence-corrected chi connectivity index (χ1v) is 12.4. The molecule has 4 nitrogen and oxygen atoms in total. The number of hydrogen-bond donors (Lipinski definition) is 2. The number of fused-ring (bicyclic) bond motifs is 1. The third kappa shape index (κ3) is 4.86. The van der Waals surface area contributed by atoms with E-state index in [1.165, 1.54) is 22.3 Å². The Balaban J connectivity index is 1.64. The lowest BCUT2D eigenvalue weighted by molar-refractivity contribution is -0.131. The van der Waals surface area contributed by atoms with E-state index in [1.807, 2.05) is 18.3 Å². The monoisotopic (exact) mass is 476 g/mol. The zero-order valence-corrected chi connectivity index (χ0v) is 20.0. The SMILES string of the molecule is CCC(=C(c1ccc(/C=C/C(=O)O)cc1)c1ccc2[nH]ncc2c1)c1ccc(-c2ccsc2)cc1. The molecule has 0 aliphatic rings. The molecule has 0 radical (unpaired) electrons. The van der Waals surface area contributed by atoms with Crippen molar-refractivity contribution >= 4 is 45.4 Å². The number of benzene rings is 3. The molecule has 0 aliphatic carbocycles. The summed E-state index contributed by atoms with van der Waals surface area (Å²) in [6, 6.07) is 25.3. The summed E-state index contributed by atoms with van der Waals surface area (Å²) in [5, 5.41) is 21.5. The van der Waals surface area contributed by atoms with E-state index in [2.05, 4.69) is 88.5 Å². The second-order valence-corrected chi connectivity index (χ2v) is 9.04. The van der Waals surface area contributed by atoms with Crippen molar-refractivity contribution < 1.29 is 9.90 Å². The highest BCUT2D eigenvalue weighted by molar-refractivity contribution is 7.08. The van der Waals surface area contributed by atoms with Crippen LogP contribution in [0.4, 0.5) is 0 Å². The van der Waals surface area contributed by atoms with Crippen molar-refractivity contribution in [3.63, 3.8) is 0 Å². The molecule has 0 fully saturated rings. The molecule has 0 aliphatic heterocycles. The fraction of sp³-hybridized carbons (Fsp3) is 0.0667. The van der Waals surface area contributed by atoms with Gasteiger partial charge in [-0.2, -0.15) is 16.4 Å². The molecule has 0 unspecified atom stereocenters. The average Bonchev–Trinajstić information content (AvgIpc) is 3.59. The van der Waals surface area contributed by atoms with Crippen molar-refractivity contribution in [1.29, 1.82) is 0 Å². The Bertz CT molecular complexity index is 1520. The van der Waals surface area contributed by atoms with Crippen LogP contribution < -0.4 is 0 Å². The van der Waals surface area contributed by atoms with Crippen molar-refractivity contribution in [3.8, 4) is 11.1 Å². The minimum absolute atomic E-state index is 0.846. The summed E-state index contributed by atoms with van der Waals surface area (Å²) < 4.78 is 0. The Morgan fingerprint density at radius 1 is 0.943 bits per heavy atom. The minimum atomic E-state index is -0.956. The van der Waals surface area contributed by atoms with Crippen LogP contribution in [-0.2, 0) is 4.79 Å². The second-order valence-electron chi connectivity index (χ2n) is 8.26. The molecule has 0 saturated heterocycles. The predicted octanol–water partition coefficient (Wildman–Crippen LogP) is 7.76. The number of nitrogens with zero attached hydrogens (tertiary/aromatic N) is 1. The van der Waals surface area contributed by atoms with Crippen molar-refractivity contribution in [2.75, 3.05) is 0 Å². The zero-order chi connectivity index (χ0) is 24.2. The predicted molar refractivity (Wildman–Crippen MR) is 145 cm³/mol. The molecule has 5 rings (SSSR count). The molecule has 5 heteroatoms. The summed E-state index contributed by atoms with van der Waals surface area (Å²) >= 11 is 1.70. The molecular formula is C30H24N2O2S. The number of carbonyl (C=O) groups is 1. The van der Waals surface area contributed by atoms with Crippen LogP contribution in [-0.4, -0.2) is 21.3 Å². The molecule has 0 amide bonds. The summed E-state index contributed by atoms with van der Waals surface area (Å²) in [6.07, 6.45) is 5.47. The van der Waals surface area contributed by atoms with E-state index in [9.17, 15) is 4.79 Å². The van der Waals surface area contributed by atoms with E-state index in [0.717, 1.165) is 45.7 Å². The van der Waals surface area contributed by atoms with Crippen LogP contribution in [0.3, 0.4) is 0 Å². The first-order chi connectivity index (χ1) is 17.1. The lowest BCUT2D eigenvalue weighted by Crippen LogP contribution is -1.95. The number of aromatic nitrogens is 2. The highest BCUT2D eigenvalue weighted by Crippen LogP contribution is 2.36. The van der Waals surface area contributed by atoms with E-state index in [4.69, 9.17) is 5.11 Å². The number of aliphatic carboxylic acids is 1. The van der Waals surface area contributed by atoms with Gasteiger partial charge in [-0.25, -0.2) is 4.79 Å². The standard InChI is InChI=1S/C30H24N2O2S/c1-2-27(22-10-8-21(9-11-22)25-15-16-35-19-25)30(24-12-13-28-26(17-24)18-31-32-28)23-6-3-20(4-7-23)5-14-29(33)34/h3-19H,2H2,1H3,(H,31,32)(H,33,34)/b14-5+,30-27?. The first kappa shape index (κ1) is 22.6. The lowest BCUT2D eigenvalue weighted by atomic mass is 9.87. The molecule has 5 aromatic rings. The highest BCUT2D eigenvalue weighted by Gasteiger charge is 2.14. The Morgan fingerprint density at radius 2 is 1.69 bits per heavy atom. The van der Waals surface area contributed by atoms with Crippen LogP contribution in [0.1, 0.15) is 35.6 Å². The van der Waals surface area contributed by atoms with Crippen molar-refractivity contribution in [1.82, 2.24) is 10.2 Å². The van der Waals surface area contributed by atoms with Crippen molar-refractivity contribution in [2.24, 2.45) is 0 Å². The Morgan fingerprint density at radius 3 is 2.37 bits per heavy atom. The smallest absolute Gasteiger partial charge is 0.328 e. The van der Waals surface area contributed by atoms with Crippen LogP contribution in [0.5, 0.6) is 0 Å². The Kier molecular flexibility index (Phi) is 6.42. The summed E-state index contributed by atoms with van der Waals surface area (Å²) in [7, 11) is 0. The van der Waals surface area contributed by atoms with Crippen LogP contribution in [0, 0.1) is 0 Å². The molecule has 2 N–H and O–H groups in total. The molecule has 0 atom stereocenters. The van der Waals surface area contributed by atoms with Gasteiger partial charge in [0.1, 0.15) is 0 Å². The van der Waals surface area contributed by atoms with Gasteiger partial charge in [0.25, 0.3) is 0 Å². The van der Waals surface area contributed by atoms with Gasteiger partial charge in [-0.15, -0.1) is 0 Å². The van der Waals surface area contributed by atoms with Gasteiger partial charge in [-0.1, -0.05) is 61.5 Å². The maximum absolute atomic E-state index is 10.9. The number of carboxylic acids is 1. The van der Waals surface area contributed by atoms with E-state index in [-0.39, 0.29) is 0 Å². The minimum Gasteiger partial charge on any atom is -0.478 e. The number of nitrogens with one attached hydrogen (secondary N) is 1. The first-order valence-electron chi connectivity index (χ1n) is 11.4. The fourth-order valence-electron chi connectivity index (χ4n) is 4.36. The number of aromatic amines is 1. The number of hydrogen-bond acceptors (Lipinski definition) is 3. The van der Waals surface area contributed by atoms with E-state index in [0.29, 0.717) is 0 Å². The molecule has 0 spiro atoms. The molecule has 2 aromatic heterocycles. The van der Waals surface area contributed by atoms with Gasteiger partial charge >= 0.3 is 5.97 Å². The summed E-state index contributed by atoms with van der Waals surface area (Å²) in [6.45, 7) is 2.18. The number of carboxylic acid groups (broad SMARTS) is 1. The van der Waals surface area contributed by atoms with Gasteiger partial charge in [-0.3, -0.25) is 5.10 Å². The van der Waals surface area contributed by atoms with Crippen molar-refractivity contribution in [2.45, 2.75) is 13.3 Å². The molecular weight excluding hydrogens is 452 g/mol. The van der Waals surface area contributed by atoms with Gasteiger partial charge in [0.2, 0.25) is 0 Å². The van der Waals surface area contributed by atoms with E-state index < -0.39 is 5.97 Å². The van der Waals surface area contributed by atoms with Crippen LogP contribution in [0.15, 0.2) is 95.8 Å². The number of allylic oxidation sites excluding steroid dienone is 1. The largest absolute Gasteiger partial charge is 0.478 e. The number of thiophene rings is 1. The summed E-state index contributed by atoms with van der Waals surface area (Å²) in [5.74, 6) is -0.956. The van der Waals surface area contributed by atoms with Crippen molar-refractivity contribution in [3.05, 3.63) is 118 Å². The maximum atomic E-state index is 10.9. The maximum Gasteiger partial charge on any atom is 0.328 e. The van der Waals surface area contributed by atoms with Gasteiger partial charge < -0.3 is 5.11 Å². The molecule has 0 saturated carbocycles. The van der Waals surface area contributed by atoms with Crippen LogP contribution >= 0.6 is 11.3 Å². The highest BCUT2D eigenvalue weighted by atomic mass is 32.1. The van der Waals surface area contributed by atoms with Gasteiger partial charge in [-0.05, 0) is 86.0 Å². The fourth-order valence-corrected chi connectivity index (χ4v) is 5.02. The summed E-state index contributed by atoms with van der Waals surface area (Å²) in [4.78, 5) is 10.9. The zero-order valence-electron chi connectivity index (χ0n) is 19.2.